The van der Waals surface area contributed by atoms with Crippen molar-refractivity contribution in [1.29, 1.82) is 0 Å². The number of oxime groups is 1. The molecule has 0 N–H and O–H groups in total. The Morgan fingerprint density at radius 1 is 1.03 bits per heavy atom. The van der Waals surface area contributed by atoms with Gasteiger partial charge >= 0.3 is 0 Å². The number of methoxy groups -OCH3 is 2. The van der Waals surface area contributed by atoms with E-state index in [4.69, 9.17) is 14.3 Å². The lowest BCUT2D eigenvalue weighted by Gasteiger charge is -2.27. The van der Waals surface area contributed by atoms with E-state index in [0.717, 1.165) is 38.1 Å². The Kier molecular flexibility index (Phi) is 7.45. The molecule has 1 aliphatic rings. The van der Waals surface area contributed by atoms with Crippen LogP contribution < -0.4 is 15.0 Å². The van der Waals surface area contributed by atoms with Crippen LogP contribution in [0.4, 0.5) is 8.78 Å². The van der Waals surface area contributed by atoms with Crippen molar-refractivity contribution in [3.05, 3.63) is 76.2 Å². The molecule has 3 aromatic rings. The first-order chi connectivity index (χ1) is 16.9. The number of aromatic nitrogens is 1. The van der Waals surface area contributed by atoms with Crippen LogP contribution in [-0.2, 0) is 4.84 Å². The predicted molar refractivity (Wildman–Crippen MR) is 130 cm³/mol. The lowest BCUT2D eigenvalue weighted by atomic mass is 10.0. The van der Waals surface area contributed by atoms with Gasteiger partial charge in [-0.25, -0.2) is 8.78 Å². The molecule has 0 aliphatic carbocycles. The highest BCUT2D eigenvalue weighted by atomic mass is 19.1. The van der Waals surface area contributed by atoms with Crippen LogP contribution in [0.3, 0.4) is 0 Å². The van der Waals surface area contributed by atoms with Crippen molar-refractivity contribution < 1.29 is 23.1 Å². The van der Waals surface area contributed by atoms with Crippen LogP contribution in [-0.4, -0.2) is 56.1 Å². The minimum absolute atomic E-state index is 0.0447. The second-order valence-corrected chi connectivity index (χ2v) is 8.34. The van der Waals surface area contributed by atoms with Crippen molar-refractivity contribution in [3.8, 4) is 28.3 Å². The van der Waals surface area contributed by atoms with E-state index in [1.807, 2.05) is 7.05 Å². The molecule has 1 saturated heterocycles. The molecule has 4 rings (SSSR count). The molecule has 35 heavy (non-hydrogen) atoms. The molecule has 9 heteroatoms. The van der Waals surface area contributed by atoms with Gasteiger partial charge in [0.2, 0.25) is 0 Å². The Morgan fingerprint density at radius 2 is 1.71 bits per heavy atom. The maximum absolute atomic E-state index is 14.7. The molecule has 0 amide bonds. The summed E-state index contributed by atoms with van der Waals surface area (Å²) in [6.45, 7) is 1.81. The third kappa shape index (κ3) is 5.35. The van der Waals surface area contributed by atoms with Crippen LogP contribution in [0.5, 0.6) is 11.5 Å². The molecule has 1 aromatic heterocycles. The van der Waals surface area contributed by atoms with Crippen LogP contribution in [0.15, 0.2) is 58.6 Å². The zero-order valence-corrected chi connectivity index (χ0v) is 19.8. The highest BCUT2D eigenvalue weighted by molar-refractivity contribution is 5.82. The standard InChI is InChI=1S/C26H27F2N3O4/c1-30-11-9-20(10-12-30)35-29-15-17-13-18(21-8-7-19(27)14-22(21)28)16-31(26(17)32)25-23(33-2)5-4-6-24(25)34-3/h4-8,13-16,20H,9-12H2,1-3H3/b29-15+. The summed E-state index contributed by atoms with van der Waals surface area (Å²) in [5.74, 6) is -0.686. The second kappa shape index (κ2) is 10.7. The SMILES string of the molecule is COc1cccc(OC)c1-n1cc(-c2ccc(F)cc2F)cc(/C=N/OC2CCN(C)CC2)c1=O. The molecule has 0 bridgehead atoms. The first-order valence-corrected chi connectivity index (χ1v) is 11.2. The second-order valence-electron chi connectivity index (χ2n) is 8.34. The van der Waals surface area contributed by atoms with Crippen molar-refractivity contribution in [2.75, 3.05) is 34.4 Å². The van der Waals surface area contributed by atoms with Crippen LogP contribution in [0.25, 0.3) is 16.8 Å². The van der Waals surface area contributed by atoms with E-state index in [2.05, 4.69) is 10.1 Å². The zero-order chi connectivity index (χ0) is 24.9. The highest BCUT2D eigenvalue weighted by Crippen LogP contribution is 2.33. The summed E-state index contributed by atoms with van der Waals surface area (Å²) in [5, 5.41) is 4.07. The Morgan fingerprint density at radius 3 is 2.34 bits per heavy atom. The van der Waals surface area contributed by atoms with Crippen molar-refractivity contribution in [2.45, 2.75) is 18.9 Å². The number of piperidine rings is 1. The molecule has 2 heterocycles. The molecule has 0 radical (unpaired) electrons. The molecule has 0 atom stereocenters. The van der Waals surface area contributed by atoms with Gasteiger partial charge in [-0.05, 0) is 50.2 Å². The van der Waals surface area contributed by atoms with E-state index in [-0.39, 0.29) is 17.2 Å². The molecular formula is C26H27F2N3O4. The number of nitrogens with zero attached hydrogens (tertiary/aromatic N) is 3. The van der Waals surface area contributed by atoms with Gasteiger partial charge in [-0.3, -0.25) is 9.36 Å². The number of ether oxygens (including phenoxy) is 2. The van der Waals surface area contributed by atoms with E-state index in [0.29, 0.717) is 22.7 Å². The molecule has 0 spiro atoms. The number of para-hydroxylation sites is 1. The van der Waals surface area contributed by atoms with Gasteiger partial charge in [-0.1, -0.05) is 11.2 Å². The maximum Gasteiger partial charge on any atom is 0.264 e. The minimum atomic E-state index is -0.757. The molecule has 1 aliphatic heterocycles. The first kappa shape index (κ1) is 24.4. The van der Waals surface area contributed by atoms with Crippen molar-refractivity contribution in [1.82, 2.24) is 9.47 Å². The molecule has 7 nitrogen and oxygen atoms in total. The van der Waals surface area contributed by atoms with Gasteiger partial charge in [0.15, 0.2) is 0 Å². The smallest absolute Gasteiger partial charge is 0.264 e. The molecule has 1 fully saturated rings. The number of hydrogen-bond acceptors (Lipinski definition) is 6. The number of pyridine rings is 1. The quantitative estimate of drug-likeness (QED) is 0.372. The minimum Gasteiger partial charge on any atom is -0.494 e. The predicted octanol–water partition coefficient (Wildman–Crippen LogP) is 4.24. The monoisotopic (exact) mass is 483 g/mol. The van der Waals surface area contributed by atoms with Crippen LogP contribution in [0.2, 0.25) is 0 Å². The molecule has 0 saturated carbocycles. The van der Waals surface area contributed by atoms with E-state index in [1.165, 1.54) is 43.3 Å². The van der Waals surface area contributed by atoms with Gasteiger partial charge in [-0.15, -0.1) is 0 Å². The van der Waals surface area contributed by atoms with Crippen LogP contribution in [0.1, 0.15) is 18.4 Å². The number of benzene rings is 2. The summed E-state index contributed by atoms with van der Waals surface area (Å²) in [7, 11) is 5.00. The lowest BCUT2D eigenvalue weighted by molar-refractivity contribution is 0.0170. The summed E-state index contributed by atoms with van der Waals surface area (Å²) in [6, 6.07) is 9.88. The summed E-state index contributed by atoms with van der Waals surface area (Å²) in [5.41, 5.74) is 0.537. The molecule has 184 valence electrons. The molecular weight excluding hydrogens is 456 g/mol. The number of likely N-dealkylation sites (tertiary alicyclic amines) is 1. The van der Waals surface area contributed by atoms with Crippen LogP contribution >= 0.6 is 0 Å². The number of halogens is 2. The summed E-state index contributed by atoms with van der Waals surface area (Å²) in [6.07, 6.45) is 4.41. The average molecular weight is 484 g/mol. The van der Waals surface area contributed by atoms with Gasteiger partial charge in [0.05, 0.1) is 26.0 Å². The fourth-order valence-corrected chi connectivity index (χ4v) is 4.07. The fraction of sp³-hybridized carbons (Fsp3) is 0.308. The van der Waals surface area contributed by atoms with Gasteiger partial charge in [0.25, 0.3) is 5.56 Å². The number of hydrogen-bond donors (Lipinski definition) is 0. The van der Waals surface area contributed by atoms with Crippen molar-refractivity contribution in [2.24, 2.45) is 5.16 Å². The molecule has 2 aromatic carbocycles. The third-order valence-electron chi connectivity index (χ3n) is 6.00. The normalized spacial score (nSPS) is 14.9. The van der Waals surface area contributed by atoms with E-state index in [1.54, 1.807) is 18.2 Å². The van der Waals surface area contributed by atoms with E-state index < -0.39 is 17.2 Å². The largest absolute Gasteiger partial charge is 0.494 e. The lowest BCUT2D eigenvalue weighted by Crippen LogP contribution is -2.33. The highest BCUT2D eigenvalue weighted by Gasteiger charge is 2.19. The van der Waals surface area contributed by atoms with Gasteiger partial charge in [-0.2, -0.15) is 0 Å². The number of rotatable bonds is 7. The first-order valence-electron chi connectivity index (χ1n) is 11.2. The third-order valence-corrected chi connectivity index (χ3v) is 6.00. The van der Waals surface area contributed by atoms with Crippen LogP contribution in [0, 0.1) is 11.6 Å². The Hall–Kier alpha value is -3.72. The average Bonchev–Trinajstić information content (AvgIpc) is 2.86. The Balaban J connectivity index is 1.82. The maximum atomic E-state index is 14.7. The van der Waals surface area contributed by atoms with E-state index >= 15 is 0 Å². The fourth-order valence-electron chi connectivity index (χ4n) is 4.07. The van der Waals surface area contributed by atoms with Gasteiger partial charge in [0.1, 0.15) is 34.9 Å². The summed E-state index contributed by atoms with van der Waals surface area (Å²) in [4.78, 5) is 21.3. The van der Waals surface area contributed by atoms with Crippen molar-refractivity contribution >= 4 is 6.21 Å². The zero-order valence-electron chi connectivity index (χ0n) is 19.8. The summed E-state index contributed by atoms with van der Waals surface area (Å²) < 4.78 is 40.5. The van der Waals surface area contributed by atoms with Gasteiger partial charge < -0.3 is 19.2 Å². The molecule has 0 unspecified atom stereocenters. The van der Waals surface area contributed by atoms with Crippen molar-refractivity contribution in [3.63, 3.8) is 0 Å². The van der Waals surface area contributed by atoms with Gasteiger partial charge in [0, 0.05) is 36.5 Å². The topological polar surface area (TPSA) is 65.3 Å². The Bertz CT molecular complexity index is 1260. The summed E-state index contributed by atoms with van der Waals surface area (Å²) >= 11 is 0. The van der Waals surface area contributed by atoms with E-state index in [9.17, 15) is 13.6 Å². The Labute approximate surface area is 202 Å².